The summed E-state index contributed by atoms with van der Waals surface area (Å²) in [5.74, 6) is -0.230. The van der Waals surface area contributed by atoms with Crippen molar-refractivity contribution in [2.24, 2.45) is 0 Å². The van der Waals surface area contributed by atoms with Crippen LogP contribution in [-0.4, -0.2) is 29.1 Å². The minimum atomic E-state index is -0.437. The SMILES string of the molecule is CC1(C)CN(C(=O)CO)Cc2cc(N)ccc21. The summed E-state index contributed by atoms with van der Waals surface area (Å²) in [5, 5.41) is 8.94. The van der Waals surface area contributed by atoms with Gasteiger partial charge >= 0.3 is 0 Å². The van der Waals surface area contributed by atoms with Crippen LogP contribution < -0.4 is 5.73 Å². The van der Waals surface area contributed by atoms with Gasteiger partial charge in [-0.05, 0) is 23.3 Å². The van der Waals surface area contributed by atoms with E-state index in [-0.39, 0.29) is 11.3 Å². The van der Waals surface area contributed by atoms with E-state index in [1.165, 1.54) is 5.56 Å². The third-order valence-corrected chi connectivity index (χ3v) is 3.29. The van der Waals surface area contributed by atoms with Crippen LogP contribution in [0.5, 0.6) is 0 Å². The molecule has 1 aliphatic heterocycles. The van der Waals surface area contributed by atoms with Crippen LogP contribution in [0, 0.1) is 0 Å². The number of carbonyl (C=O) groups excluding carboxylic acids is 1. The number of rotatable bonds is 1. The first-order valence-corrected chi connectivity index (χ1v) is 5.71. The predicted molar refractivity (Wildman–Crippen MR) is 66.4 cm³/mol. The Morgan fingerprint density at radius 1 is 1.53 bits per heavy atom. The first-order valence-electron chi connectivity index (χ1n) is 5.71. The monoisotopic (exact) mass is 234 g/mol. The van der Waals surface area contributed by atoms with Gasteiger partial charge in [0.15, 0.2) is 0 Å². The standard InChI is InChI=1S/C13H18N2O2/c1-13(2)8-15(12(17)7-16)6-9-5-10(14)3-4-11(9)13/h3-5,16H,6-8,14H2,1-2H3. The lowest BCUT2D eigenvalue weighted by Gasteiger charge is -2.39. The maximum Gasteiger partial charge on any atom is 0.248 e. The van der Waals surface area contributed by atoms with Gasteiger partial charge in [0.05, 0.1) is 0 Å². The second kappa shape index (κ2) is 4.04. The van der Waals surface area contributed by atoms with Crippen LogP contribution in [0.25, 0.3) is 0 Å². The molecular weight excluding hydrogens is 216 g/mol. The number of hydrogen-bond acceptors (Lipinski definition) is 3. The number of aliphatic hydroxyl groups is 1. The third kappa shape index (κ3) is 2.13. The number of aliphatic hydroxyl groups excluding tert-OH is 1. The fourth-order valence-electron chi connectivity index (χ4n) is 2.50. The zero-order chi connectivity index (χ0) is 12.6. The van der Waals surface area contributed by atoms with E-state index in [0.717, 1.165) is 5.56 Å². The molecule has 0 saturated carbocycles. The van der Waals surface area contributed by atoms with Gasteiger partial charge in [-0.25, -0.2) is 0 Å². The summed E-state index contributed by atoms with van der Waals surface area (Å²) in [4.78, 5) is 13.3. The van der Waals surface area contributed by atoms with E-state index in [2.05, 4.69) is 13.8 Å². The molecule has 1 aromatic rings. The van der Waals surface area contributed by atoms with Gasteiger partial charge < -0.3 is 15.7 Å². The molecule has 2 rings (SSSR count). The largest absolute Gasteiger partial charge is 0.399 e. The summed E-state index contributed by atoms with van der Waals surface area (Å²) in [5.41, 5.74) is 8.68. The first-order chi connectivity index (χ1) is 7.94. The summed E-state index contributed by atoms with van der Waals surface area (Å²) in [6, 6.07) is 5.84. The highest BCUT2D eigenvalue weighted by atomic mass is 16.3. The lowest BCUT2D eigenvalue weighted by molar-refractivity contribution is -0.136. The zero-order valence-corrected chi connectivity index (χ0v) is 10.2. The van der Waals surface area contributed by atoms with Gasteiger partial charge in [-0.1, -0.05) is 19.9 Å². The molecule has 4 nitrogen and oxygen atoms in total. The quantitative estimate of drug-likeness (QED) is 0.709. The topological polar surface area (TPSA) is 66.6 Å². The molecule has 1 heterocycles. The Balaban J connectivity index is 2.41. The number of nitrogen functional groups attached to an aromatic ring is 1. The van der Waals surface area contributed by atoms with Crippen LogP contribution in [-0.2, 0) is 16.8 Å². The molecule has 0 atom stereocenters. The van der Waals surface area contributed by atoms with Crippen LogP contribution in [0.3, 0.4) is 0 Å². The fourth-order valence-corrected chi connectivity index (χ4v) is 2.50. The van der Waals surface area contributed by atoms with Gasteiger partial charge in [-0.2, -0.15) is 0 Å². The smallest absolute Gasteiger partial charge is 0.248 e. The lowest BCUT2D eigenvalue weighted by atomic mass is 9.78. The van der Waals surface area contributed by atoms with Gasteiger partial charge in [-0.3, -0.25) is 4.79 Å². The van der Waals surface area contributed by atoms with Crippen LogP contribution in [0.4, 0.5) is 5.69 Å². The highest BCUT2D eigenvalue weighted by Gasteiger charge is 2.33. The number of carbonyl (C=O) groups is 1. The Kier molecular flexibility index (Phi) is 2.83. The minimum Gasteiger partial charge on any atom is -0.399 e. The summed E-state index contributed by atoms with van der Waals surface area (Å²) in [6.45, 7) is 4.91. The summed E-state index contributed by atoms with van der Waals surface area (Å²) >= 11 is 0. The number of anilines is 1. The normalized spacial score (nSPS) is 17.7. The van der Waals surface area contributed by atoms with Gasteiger partial charge in [0, 0.05) is 24.2 Å². The maximum absolute atomic E-state index is 11.6. The van der Waals surface area contributed by atoms with E-state index in [1.807, 2.05) is 18.2 Å². The average Bonchev–Trinajstić information content (AvgIpc) is 2.26. The molecule has 0 fully saturated rings. The van der Waals surface area contributed by atoms with Crippen molar-refractivity contribution in [1.29, 1.82) is 0 Å². The van der Waals surface area contributed by atoms with Crippen molar-refractivity contribution < 1.29 is 9.90 Å². The molecule has 4 heteroatoms. The van der Waals surface area contributed by atoms with Gasteiger partial charge in [0.25, 0.3) is 0 Å². The fraction of sp³-hybridized carbons (Fsp3) is 0.462. The van der Waals surface area contributed by atoms with Gasteiger partial charge in [0.1, 0.15) is 6.61 Å². The molecule has 0 aliphatic carbocycles. The number of benzene rings is 1. The maximum atomic E-state index is 11.6. The Bertz CT molecular complexity index is 455. The minimum absolute atomic E-state index is 0.105. The highest BCUT2D eigenvalue weighted by Crippen LogP contribution is 2.34. The van der Waals surface area contributed by atoms with E-state index in [9.17, 15) is 4.79 Å². The van der Waals surface area contributed by atoms with E-state index in [1.54, 1.807) is 4.90 Å². The summed E-state index contributed by atoms with van der Waals surface area (Å²) in [6.07, 6.45) is 0. The number of hydrogen-bond donors (Lipinski definition) is 2. The molecule has 1 aliphatic rings. The Morgan fingerprint density at radius 2 is 2.24 bits per heavy atom. The van der Waals surface area contributed by atoms with E-state index >= 15 is 0 Å². The molecule has 0 spiro atoms. The van der Waals surface area contributed by atoms with Crippen molar-refractivity contribution in [2.75, 3.05) is 18.9 Å². The number of nitrogens with zero attached hydrogens (tertiary/aromatic N) is 1. The number of fused-ring (bicyclic) bond motifs is 1. The van der Waals surface area contributed by atoms with Gasteiger partial charge in [-0.15, -0.1) is 0 Å². The summed E-state index contributed by atoms with van der Waals surface area (Å²) < 4.78 is 0. The molecule has 0 saturated heterocycles. The molecular formula is C13H18N2O2. The van der Waals surface area contributed by atoms with Crippen molar-refractivity contribution in [2.45, 2.75) is 25.8 Å². The first kappa shape index (κ1) is 11.9. The molecule has 92 valence electrons. The number of nitrogens with two attached hydrogens (primary N) is 1. The van der Waals surface area contributed by atoms with Crippen LogP contribution in [0.15, 0.2) is 18.2 Å². The third-order valence-electron chi connectivity index (χ3n) is 3.29. The average molecular weight is 234 g/mol. The lowest BCUT2D eigenvalue weighted by Crippen LogP contribution is -2.46. The van der Waals surface area contributed by atoms with Gasteiger partial charge in [0.2, 0.25) is 5.91 Å². The predicted octanol–water partition coefficient (Wildman–Crippen LogP) is 0.881. The van der Waals surface area contributed by atoms with Crippen molar-refractivity contribution >= 4 is 11.6 Å². The Hall–Kier alpha value is -1.55. The Morgan fingerprint density at radius 3 is 2.88 bits per heavy atom. The van der Waals surface area contributed by atoms with Crippen molar-refractivity contribution in [3.05, 3.63) is 29.3 Å². The van der Waals surface area contributed by atoms with Crippen LogP contribution in [0.2, 0.25) is 0 Å². The van der Waals surface area contributed by atoms with E-state index in [0.29, 0.717) is 18.8 Å². The second-order valence-corrected chi connectivity index (χ2v) is 5.21. The van der Waals surface area contributed by atoms with Crippen molar-refractivity contribution in [3.63, 3.8) is 0 Å². The van der Waals surface area contributed by atoms with Crippen LogP contribution in [0.1, 0.15) is 25.0 Å². The summed E-state index contributed by atoms with van der Waals surface area (Å²) in [7, 11) is 0. The molecule has 0 radical (unpaired) electrons. The van der Waals surface area contributed by atoms with Crippen LogP contribution >= 0.6 is 0 Å². The molecule has 1 amide bonds. The molecule has 17 heavy (non-hydrogen) atoms. The van der Waals surface area contributed by atoms with Crippen molar-refractivity contribution in [3.8, 4) is 0 Å². The van der Waals surface area contributed by atoms with E-state index in [4.69, 9.17) is 10.8 Å². The molecule has 3 N–H and O–H groups in total. The van der Waals surface area contributed by atoms with E-state index < -0.39 is 6.61 Å². The van der Waals surface area contributed by atoms with Crippen molar-refractivity contribution in [1.82, 2.24) is 4.90 Å². The second-order valence-electron chi connectivity index (χ2n) is 5.21. The number of amides is 1. The molecule has 0 aromatic heterocycles. The molecule has 0 bridgehead atoms. The molecule has 1 aromatic carbocycles. The highest BCUT2D eigenvalue weighted by molar-refractivity contribution is 5.77. The Labute approximate surface area is 101 Å². The molecule has 0 unspecified atom stereocenters. The zero-order valence-electron chi connectivity index (χ0n) is 10.2.